The Hall–Kier alpha value is -2.74. The number of carbonyl (C=O) groups is 2. The molecule has 0 aliphatic carbocycles. The van der Waals surface area contributed by atoms with E-state index < -0.39 is 12.1 Å². The van der Waals surface area contributed by atoms with Crippen LogP contribution in [-0.2, 0) is 4.79 Å². The first-order chi connectivity index (χ1) is 12.4. The van der Waals surface area contributed by atoms with Gasteiger partial charge in [0, 0.05) is 10.8 Å². The van der Waals surface area contributed by atoms with E-state index in [1.54, 1.807) is 36.4 Å². The zero-order valence-electron chi connectivity index (χ0n) is 13.1. The predicted molar refractivity (Wildman–Crippen MR) is 94.7 cm³/mol. The number of carbonyl (C=O) groups excluding carboxylic acids is 2. The second-order valence-corrected chi connectivity index (χ2v) is 6.75. The van der Waals surface area contributed by atoms with Crippen LogP contribution in [0.1, 0.15) is 10.4 Å². The summed E-state index contributed by atoms with van der Waals surface area (Å²) in [5.74, 6) is -1.61. The first kappa shape index (κ1) is 16.7. The van der Waals surface area contributed by atoms with E-state index in [0.29, 0.717) is 31.7 Å². The highest BCUT2D eigenvalue weighted by molar-refractivity contribution is 8.04. The highest BCUT2D eigenvalue weighted by atomic mass is 32.2. The molecular formula is C18H11F3N2O2S. The third kappa shape index (κ3) is 2.66. The van der Waals surface area contributed by atoms with Gasteiger partial charge >= 0.3 is 12.1 Å². The van der Waals surface area contributed by atoms with Crippen LogP contribution in [-0.4, -0.2) is 28.4 Å². The Labute approximate surface area is 149 Å². The average Bonchev–Trinajstić information content (AvgIpc) is 3.14. The fraction of sp³-hybridized carbons (Fsp3) is 0.111. The maximum absolute atomic E-state index is 13.0. The number of nitrogens with one attached hydrogen (secondary N) is 1. The van der Waals surface area contributed by atoms with Crippen molar-refractivity contribution in [2.45, 2.75) is 6.18 Å². The summed E-state index contributed by atoms with van der Waals surface area (Å²) >= 11 is 1.36. The Morgan fingerprint density at radius 2 is 1.85 bits per heavy atom. The number of nitrogens with zero attached hydrogens (tertiary/aromatic N) is 1. The molecule has 2 heterocycles. The van der Waals surface area contributed by atoms with Gasteiger partial charge in [-0.2, -0.15) is 13.2 Å². The molecular weight excluding hydrogens is 365 g/mol. The van der Waals surface area contributed by atoms with Crippen LogP contribution < -0.4 is 5.32 Å². The van der Waals surface area contributed by atoms with Crippen molar-refractivity contribution in [2.24, 2.45) is 0 Å². The molecule has 4 rings (SSSR count). The molecule has 1 amide bonds. The quantitative estimate of drug-likeness (QED) is 0.649. The van der Waals surface area contributed by atoms with Crippen LogP contribution in [0.3, 0.4) is 0 Å². The van der Waals surface area contributed by atoms with Crippen LogP contribution in [0, 0.1) is 0 Å². The highest BCUT2D eigenvalue weighted by Crippen LogP contribution is 2.33. The molecule has 0 spiro atoms. The van der Waals surface area contributed by atoms with Crippen LogP contribution in [0.5, 0.6) is 0 Å². The fourth-order valence-electron chi connectivity index (χ4n) is 3.02. The summed E-state index contributed by atoms with van der Waals surface area (Å²) in [6.07, 6.45) is -3.29. The smallest absolute Gasteiger partial charge is 0.342 e. The number of para-hydroxylation sites is 1. The lowest BCUT2D eigenvalue weighted by atomic mass is 10.1. The number of benzene rings is 2. The maximum atomic E-state index is 13.0. The van der Waals surface area contributed by atoms with E-state index in [9.17, 15) is 22.8 Å². The number of amides is 1. The van der Waals surface area contributed by atoms with Crippen molar-refractivity contribution in [3.63, 3.8) is 0 Å². The van der Waals surface area contributed by atoms with Gasteiger partial charge in [0.1, 0.15) is 0 Å². The van der Waals surface area contributed by atoms with Gasteiger partial charge in [0.05, 0.1) is 21.8 Å². The molecule has 0 unspecified atom stereocenters. The molecule has 0 bridgehead atoms. The molecule has 4 nitrogen and oxygen atoms in total. The van der Waals surface area contributed by atoms with E-state index in [1.165, 1.54) is 23.9 Å². The van der Waals surface area contributed by atoms with Gasteiger partial charge in [-0.15, -0.1) is 0 Å². The van der Waals surface area contributed by atoms with Gasteiger partial charge in [0.15, 0.2) is 0 Å². The standard InChI is InChI=1S/C18H11F3N2O2S/c19-18(20,21)17(25)23-13-4-2-1-3-11(13)12-7-10(5-6-14(12)23)8-15-16(24)22-9-26-15/h1-8H,9H2,(H,22,24)/b15-8-. The number of alkyl halides is 3. The summed E-state index contributed by atoms with van der Waals surface area (Å²) in [5.41, 5.74) is 1.06. The second kappa shape index (κ2) is 5.91. The van der Waals surface area contributed by atoms with E-state index in [0.717, 1.165) is 0 Å². The van der Waals surface area contributed by atoms with Crippen molar-refractivity contribution < 1.29 is 22.8 Å². The minimum absolute atomic E-state index is 0.176. The van der Waals surface area contributed by atoms with Crippen molar-refractivity contribution >= 4 is 51.5 Å². The second-order valence-electron chi connectivity index (χ2n) is 5.74. The van der Waals surface area contributed by atoms with Gasteiger partial charge < -0.3 is 5.32 Å². The summed E-state index contributed by atoms with van der Waals surface area (Å²) in [7, 11) is 0. The number of aromatic nitrogens is 1. The Kier molecular flexibility index (Phi) is 3.80. The number of fused-ring (bicyclic) bond motifs is 3. The maximum Gasteiger partial charge on any atom is 0.472 e. The normalized spacial score (nSPS) is 16.6. The van der Waals surface area contributed by atoms with Gasteiger partial charge in [0.25, 0.3) is 5.91 Å². The van der Waals surface area contributed by atoms with E-state index in [4.69, 9.17) is 0 Å². The topological polar surface area (TPSA) is 51.1 Å². The minimum Gasteiger partial charge on any atom is -0.342 e. The summed E-state index contributed by atoms with van der Waals surface area (Å²) in [5, 5.41) is 3.74. The molecule has 0 radical (unpaired) electrons. The molecule has 0 saturated carbocycles. The molecule has 1 aromatic heterocycles. The van der Waals surface area contributed by atoms with Gasteiger partial charge in [-0.25, -0.2) is 0 Å². The molecule has 2 aromatic carbocycles. The molecule has 3 aromatic rings. The average molecular weight is 376 g/mol. The van der Waals surface area contributed by atoms with Crippen molar-refractivity contribution in [1.82, 2.24) is 9.88 Å². The Morgan fingerprint density at radius 3 is 2.54 bits per heavy atom. The lowest BCUT2D eigenvalue weighted by Gasteiger charge is -2.08. The number of halogens is 3. The third-order valence-corrected chi connectivity index (χ3v) is 5.03. The SMILES string of the molecule is O=C1NCS/C1=C\c1ccc2c(c1)c1ccccc1n2C(=O)C(F)(F)F. The molecule has 1 saturated heterocycles. The largest absolute Gasteiger partial charge is 0.472 e. The van der Waals surface area contributed by atoms with Crippen molar-refractivity contribution in [3.8, 4) is 0 Å². The summed E-state index contributed by atoms with van der Waals surface area (Å²) in [4.78, 5) is 24.2. The lowest BCUT2D eigenvalue weighted by molar-refractivity contribution is -0.116. The van der Waals surface area contributed by atoms with Crippen molar-refractivity contribution in [3.05, 3.63) is 52.9 Å². The molecule has 1 fully saturated rings. The molecule has 132 valence electrons. The van der Waals surface area contributed by atoms with Crippen molar-refractivity contribution in [2.75, 3.05) is 5.88 Å². The summed E-state index contributed by atoms with van der Waals surface area (Å²) in [6.45, 7) is 0. The van der Waals surface area contributed by atoms with Gasteiger partial charge in [0.2, 0.25) is 0 Å². The van der Waals surface area contributed by atoms with E-state index in [-0.39, 0.29) is 16.9 Å². The Balaban J connectivity index is 1.96. The van der Waals surface area contributed by atoms with Crippen LogP contribution in [0.15, 0.2) is 47.4 Å². The molecule has 1 N–H and O–H groups in total. The minimum atomic E-state index is -4.98. The summed E-state index contributed by atoms with van der Waals surface area (Å²) in [6, 6.07) is 11.2. The van der Waals surface area contributed by atoms with Gasteiger partial charge in [-0.1, -0.05) is 36.0 Å². The lowest BCUT2D eigenvalue weighted by Crippen LogP contribution is -2.28. The number of hydrogen-bond donors (Lipinski definition) is 1. The van der Waals surface area contributed by atoms with Crippen LogP contribution >= 0.6 is 11.8 Å². The number of rotatable bonds is 1. The monoisotopic (exact) mass is 376 g/mol. The fourth-order valence-corrected chi connectivity index (χ4v) is 3.80. The zero-order valence-corrected chi connectivity index (χ0v) is 13.9. The van der Waals surface area contributed by atoms with E-state index in [1.807, 2.05) is 0 Å². The molecule has 8 heteroatoms. The van der Waals surface area contributed by atoms with Crippen LogP contribution in [0.2, 0.25) is 0 Å². The summed E-state index contributed by atoms with van der Waals surface area (Å²) < 4.78 is 39.8. The third-order valence-electron chi connectivity index (χ3n) is 4.12. The number of thioether (sulfide) groups is 1. The van der Waals surface area contributed by atoms with Gasteiger partial charge in [-0.05, 0) is 29.8 Å². The van der Waals surface area contributed by atoms with Crippen LogP contribution in [0.4, 0.5) is 13.2 Å². The van der Waals surface area contributed by atoms with Crippen LogP contribution in [0.25, 0.3) is 27.9 Å². The molecule has 0 atom stereocenters. The number of hydrogen-bond acceptors (Lipinski definition) is 3. The van der Waals surface area contributed by atoms with Crippen molar-refractivity contribution in [1.29, 1.82) is 0 Å². The molecule has 26 heavy (non-hydrogen) atoms. The van der Waals surface area contributed by atoms with Gasteiger partial charge in [-0.3, -0.25) is 14.2 Å². The molecule has 1 aliphatic heterocycles. The predicted octanol–water partition coefficient (Wildman–Crippen LogP) is 4.16. The highest BCUT2D eigenvalue weighted by Gasteiger charge is 2.41. The molecule has 1 aliphatic rings. The Morgan fingerprint density at radius 1 is 1.12 bits per heavy atom. The first-order valence-electron chi connectivity index (χ1n) is 7.64. The van der Waals surface area contributed by atoms with E-state index in [2.05, 4.69) is 5.32 Å². The Bertz CT molecular complexity index is 1100. The zero-order chi connectivity index (χ0) is 18.5. The van der Waals surface area contributed by atoms with E-state index >= 15 is 0 Å². The first-order valence-corrected chi connectivity index (χ1v) is 8.62.